The lowest BCUT2D eigenvalue weighted by molar-refractivity contribution is -0.121. The maximum absolute atomic E-state index is 12.3. The summed E-state index contributed by atoms with van der Waals surface area (Å²) in [5.74, 6) is -0.674. The van der Waals surface area contributed by atoms with E-state index in [2.05, 4.69) is 5.32 Å². The Morgan fingerprint density at radius 2 is 1.45 bits per heavy atom. The van der Waals surface area contributed by atoms with E-state index in [1.54, 1.807) is 31.2 Å². The van der Waals surface area contributed by atoms with Gasteiger partial charge in [0.15, 0.2) is 9.84 Å². The van der Waals surface area contributed by atoms with Gasteiger partial charge in [0.2, 0.25) is 15.9 Å². The van der Waals surface area contributed by atoms with Crippen LogP contribution in [0.4, 0.5) is 0 Å². The van der Waals surface area contributed by atoms with Crippen LogP contribution in [0, 0.1) is 6.92 Å². The van der Waals surface area contributed by atoms with Crippen molar-refractivity contribution in [3.05, 3.63) is 59.7 Å². The number of aryl methyl sites for hydroxylation is 1. The summed E-state index contributed by atoms with van der Waals surface area (Å²) in [7, 11) is -4.14. The summed E-state index contributed by atoms with van der Waals surface area (Å²) < 4.78 is 50.0. The van der Waals surface area contributed by atoms with Gasteiger partial charge < -0.3 is 5.32 Å². The fourth-order valence-electron chi connectivity index (χ4n) is 2.63. The van der Waals surface area contributed by atoms with Crippen LogP contribution in [0.25, 0.3) is 0 Å². The highest BCUT2D eigenvalue weighted by Crippen LogP contribution is 2.19. The third-order valence-electron chi connectivity index (χ3n) is 4.51. The van der Waals surface area contributed by atoms with E-state index >= 15 is 0 Å². The molecule has 158 valence electrons. The SMILES string of the molecule is Cc1ccc(S(=O)(=O)CCC(=O)NC(C)c2ccc(S(=O)(=O)N(C)C)cc2)cc1. The molecule has 0 bridgehead atoms. The van der Waals surface area contributed by atoms with Gasteiger partial charge >= 0.3 is 0 Å². The molecule has 0 radical (unpaired) electrons. The molecule has 2 rings (SSSR count). The first kappa shape index (κ1) is 23.1. The number of benzene rings is 2. The smallest absolute Gasteiger partial charge is 0.242 e. The molecule has 9 heteroatoms. The molecule has 2 aromatic rings. The molecule has 29 heavy (non-hydrogen) atoms. The Morgan fingerprint density at radius 3 is 1.97 bits per heavy atom. The van der Waals surface area contributed by atoms with Crippen LogP contribution in [0.15, 0.2) is 58.3 Å². The van der Waals surface area contributed by atoms with E-state index in [-0.39, 0.29) is 28.0 Å². The average Bonchev–Trinajstić information content (AvgIpc) is 2.66. The first-order chi connectivity index (χ1) is 13.4. The van der Waals surface area contributed by atoms with Gasteiger partial charge in [-0.25, -0.2) is 21.1 Å². The van der Waals surface area contributed by atoms with Crippen LogP contribution in [0.1, 0.15) is 30.5 Å². The second-order valence-electron chi connectivity index (χ2n) is 7.03. The Morgan fingerprint density at radius 1 is 0.931 bits per heavy atom. The Kier molecular flexibility index (Phi) is 7.20. The van der Waals surface area contributed by atoms with Crippen molar-refractivity contribution in [2.75, 3.05) is 19.8 Å². The topological polar surface area (TPSA) is 101 Å². The van der Waals surface area contributed by atoms with Gasteiger partial charge in [0.25, 0.3) is 0 Å². The molecule has 0 aromatic heterocycles. The van der Waals surface area contributed by atoms with Gasteiger partial charge in [-0.2, -0.15) is 0 Å². The normalized spacial score (nSPS) is 13.3. The number of sulfonamides is 1. The summed E-state index contributed by atoms with van der Waals surface area (Å²) in [6.07, 6.45) is -0.159. The summed E-state index contributed by atoms with van der Waals surface area (Å²) >= 11 is 0. The molecule has 1 unspecified atom stereocenters. The molecule has 0 spiro atoms. The molecule has 0 heterocycles. The van der Waals surface area contributed by atoms with Crippen molar-refractivity contribution in [3.8, 4) is 0 Å². The van der Waals surface area contributed by atoms with E-state index in [1.807, 2.05) is 6.92 Å². The zero-order chi connectivity index (χ0) is 21.8. The number of rotatable bonds is 8. The lowest BCUT2D eigenvalue weighted by Gasteiger charge is -2.16. The molecule has 0 saturated carbocycles. The minimum atomic E-state index is -3.53. The van der Waals surface area contributed by atoms with Crippen molar-refractivity contribution < 1.29 is 21.6 Å². The Bertz CT molecular complexity index is 1060. The van der Waals surface area contributed by atoms with Crippen molar-refractivity contribution in [2.24, 2.45) is 0 Å². The Hall–Kier alpha value is -2.23. The van der Waals surface area contributed by atoms with Gasteiger partial charge in [-0.1, -0.05) is 29.8 Å². The molecule has 1 N–H and O–H groups in total. The van der Waals surface area contributed by atoms with Crippen LogP contribution >= 0.6 is 0 Å². The molecular formula is C20H26N2O5S2. The average molecular weight is 439 g/mol. The summed E-state index contributed by atoms with van der Waals surface area (Å²) in [6.45, 7) is 3.62. The third-order valence-corrected chi connectivity index (χ3v) is 8.08. The summed E-state index contributed by atoms with van der Waals surface area (Å²) in [4.78, 5) is 12.6. The minimum absolute atomic E-state index is 0.159. The molecule has 1 atom stereocenters. The number of carbonyl (C=O) groups excluding carboxylic acids is 1. The predicted molar refractivity (Wildman–Crippen MR) is 112 cm³/mol. The minimum Gasteiger partial charge on any atom is -0.350 e. The molecule has 7 nitrogen and oxygen atoms in total. The van der Waals surface area contributed by atoms with Crippen molar-refractivity contribution in [3.63, 3.8) is 0 Å². The van der Waals surface area contributed by atoms with E-state index < -0.39 is 25.8 Å². The summed E-state index contributed by atoms with van der Waals surface area (Å²) in [5.41, 5.74) is 1.68. The number of sulfone groups is 1. The molecule has 0 aliphatic rings. The van der Waals surface area contributed by atoms with E-state index in [9.17, 15) is 21.6 Å². The van der Waals surface area contributed by atoms with Crippen LogP contribution in [0.2, 0.25) is 0 Å². The van der Waals surface area contributed by atoms with Crippen molar-refractivity contribution >= 4 is 25.8 Å². The number of nitrogens with zero attached hydrogens (tertiary/aromatic N) is 1. The second kappa shape index (κ2) is 9.06. The lowest BCUT2D eigenvalue weighted by atomic mass is 10.1. The zero-order valence-corrected chi connectivity index (χ0v) is 18.5. The Balaban J connectivity index is 1.97. The molecule has 0 saturated heterocycles. The number of nitrogens with one attached hydrogen (secondary N) is 1. The first-order valence-corrected chi connectivity index (χ1v) is 12.1. The largest absolute Gasteiger partial charge is 0.350 e. The lowest BCUT2D eigenvalue weighted by Crippen LogP contribution is -2.28. The van der Waals surface area contributed by atoms with Crippen LogP contribution in [0.5, 0.6) is 0 Å². The number of carbonyl (C=O) groups is 1. The summed E-state index contributed by atoms with van der Waals surface area (Å²) in [6, 6.07) is 12.3. The third kappa shape index (κ3) is 5.88. The van der Waals surface area contributed by atoms with E-state index in [4.69, 9.17) is 0 Å². The molecule has 1 amide bonds. The van der Waals surface area contributed by atoms with Crippen molar-refractivity contribution in [1.29, 1.82) is 0 Å². The van der Waals surface area contributed by atoms with E-state index in [1.165, 1.54) is 38.4 Å². The van der Waals surface area contributed by atoms with Gasteiger partial charge in [0.05, 0.1) is 21.6 Å². The van der Waals surface area contributed by atoms with Gasteiger partial charge in [-0.15, -0.1) is 0 Å². The molecule has 2 aromatic carbocycles. The maximum atomic E-state index is 12.3. The van der Waals surface area contributed by atoms with E-state index in [0.29, 0.717) is 0 Å². The second-order valence-corrected chi connectivity index (χ2v) is 11.3. The molecule has 0 aliphatic heterocycles. The highest BCUT2D eigenvalue weighted by Gasteiger charge is 2.19. The van der Waals surface area contributed by atoms with E-state index in [0.717, 1.165) is 15.4 Å². The molecule has 0 aliphatic carbocycles. The van der Waals surface area contributed by atoms with Gasteiger partial charge in [-0.05, 0) is 43.7 Å². The van der Waals surface area contributed by atoms with Crippen LogP contribution in [0.3, 0.4) is 0 Å². The number of hydrogen-bond donors (Lipinski definition) is 1. The van der Waals surface area contributed by atoms with Crippen LogP contribution < -0.4 is 5.32 Å². The fourth-order valence-corrected chi connectivity index (χ4v) is 4.77. The molecular weight excluding hydrogens is 412 g/mol. The Labute approximate surface area is 172 Å². The standard InChI is InChI=1S/C20H26N2O5S2/c1-15-5-9-18(10-6-15)28(24,25)14-13-20(23)21-16(2)17-7-11-19(12-8-17)29(26,27)22(3)4/h5-12,16H,13-14H2,1-4H3,(H,21,23). The van der Waals surface area contributed by atoms with Crippen molar-refractivity contribution in [1.82, 2.24) is 9.62 Å². The number of hydrogen-bond acceptors (Lipinski definition) is 5. The number of amides is 1. The molecule has 0 fully saturated rings. The predicted octanol–water partition coefficient (Wildman–Crippen LogP) is 2.29. The highest BCUT2D eigenvalue weighted by atomic mass is 32.2. The fraction of sp³-hybridized carbons (Fsp3) is 0.350. The van der Waals surface area contributed by atoms with Crippen LogP contribution in [-0.4, -0.2) is 46.9 Å². The van der Waals surface area contributed by atoms with Gasteiger partial charge in [-0.3, -0.25) is 4.79 Å². The highest BCUT2D eigenvalue weighted by molar-refractivity contribution is 7.91. The zero-order valence-electron chi connectivity index (χ0n) is 16.9. The maximum Gasteiger partial charge on any atom is 0.242 e. The quantitative estimate of drug-likeness (QED) is 0.681. The monoisotopic (exact) mass is 438 g/mol. The summed E-state index contributed by atoms with van der Waals surface area (Å²) in [5, 5.41) is 2.75. The van der Waals surface area contributed by atoms with Crippen LogP contribution in [-0.2, 0) is 24.7 Å². The van der Waals surface area contributed by atoms with Gasteiger partial charge in [0.1, 0.15) is 0 Å². The van der Waals surface area contributed by atoms with Gasteiger partial charge in [0, 0.05) is 20.5 Å². The van der Waals surface area contributed by atoms with Crippen molar-refractivity contribution in [2.45, 2.75) is 36.1 Å². The first-order valence-electron chi connectivity index (χ1n) is 9.05.